The first-order valence-corrected chi connectivity index (χ1v) is 6.44. The number of nitrogens with zero attached hydrogens (tertiary/aromatic N) is 1. The lowest BCUT2D eigenvalue weighted by molar-refractivity contribution is 0.561. The quantitative estimate of drug-likeness (QED) is 0.929. The van der Waals surface area contributed by atoms with E-state index in [1.165, 1.54) is 5.56 Å². The topological polar surface area (TPSA) is 24.9 Å². The van der Waals surface area contributed by atoms with E-state index >= 15 is 0 Å². The number of hydrogen-bond donors (Lipinski definition) is 1. The highest BCUT2D eigenvalue weighted by Crippen LogP contribution is 2.13. The summed E-state index contributed by atoms with van der Waals surface area (Å²) < 4.78 is 1.11. The Morgan fingerprint density at radius 1 is 1.24 bits per heavy atom. The van der Waals surface area contributed by atoms with Crippen molar-refractivity contribution in [1.82, 2.24) is 10.3 Å². The number of nitrogens with one attached hydrogen (secondary N) is 1. The number of hydrogen-bond acceptors (Lipinski definition) is 2. The Balaban J connectivity index is 1.95. The molecule has 2 rings (SSSR count). The molecule has 2 nitrogen and oxygen atoms in total. The highest BCUT2D eigenvalue weighted by atomic mass is 79.9. The third kappa shape index (κ3) is 3.65. The molecule has 0 saturated heterocycles. The lowest BCUT2D eigenvalue weighted by Crippen LogP contribution is -2.18. The van der Waals surface area contributed by atoms with Crippen LogP contribution in [0.25, 0.3) is 0 Å². The second-order valence-electron chi connectivity index (χ2n) is 3.99. The second-order valence-corrected chi connectivity index (χ2v) is 4.90. The standard InChI is InChI=1S/C14H15BrN2/c1-11(14-7-2-3-8-16-14)17-10-12-5-4-6-13(15)9-12/h2-9,11,17H,10H2,1H3. The Morgan fingerprint density at radius 2 is 2.12 bits per heavy atom. The predicted octanol–water partition coefficient (Wildman–Crippen LogP) is 3.69. The molecule has 1 heterocycles. The molecule has 3 heteroatoms. The van der Waals surface area contributed by atoms with E-state index in [2.05, 4.69) is 45.3 Å². The third-order valence-electron chi connectivity index (χ3n) is 2.63. The van der Waals surface area contributed by atoms with Crippen LogP contribution in [0.4, 0.5) is 0 Å². The van der Waals surface area contributed by atoms with Crippen LogP contribution in [0.5, 0.6) is 0 Å². The van der Waals surface area contributed by atoms with Gasteiger partial charge in [-0.3, -0.25) is 4.98 Å². The van der Waals surface area contributed by atoms with E-state index in [0.29, 0.717) is 0 Å². The van der Waals surface area contributed by atoms with Gasteiger partial charge in [-0.2, -0.15) is 0 Å². The van der Waals surface area contributed by atoms with Gasteiger partial charge >= 0.3 is 0 Å². The van der Waals surface area contributed by atoms with Gasteiger partial charge in [0.15, 0.2) is 0 Å². The van der Waals surface area contributed by atoms with Crippen molar-refractivity contribution in [3.8, 4) is 0 Å². The van der Waals surface area contributed by atoms with Gasteiger partial charge in [0, 0.05) is 23.3 Å². The fraction of sp³-hybridized carbons (Fsp3) is 0.214. The predicted molar refractivity (Wildman–Crippen MR) is 73.6 cm³/mol. The zero-order chi connectivity index (χ0) is 12.1. The second kappa shape index (κ2) is 5.94. The van der Waals surface area contributed by atoms with Gasteiger partial charge < -0.3 is 5.32 Å². The molecule has 1 N–H and O–H groups in total. The zero-order valence-electron chi connectivity index (χ0n) is 9.73. The summed E-state index contributed by atoms with van der Waals surface area (Å²) in [6, 6.07) is 14.6. The Hall–Kier alpha value is -1.19. The highest BCUT2D eigenvalue weighted by molar-refractivity contribution is 9.10. The van der Waals surface area contributed by atoms with E-state index in [-0.39, 0.29) is 6.04 Å². The van der Waals surface area contributed by atoms with Crippen LogP contribution in [0.3, 0.4) is 0 Å². The summed E-state index contributed by atoms with van der Waals surface area (Å²) in [5, 5.41) is 3.46. The molecule has 0 aliphatic carbocycles. The molecule has 0 saturated carbocycles. The first-order chi connectivity index (χ1) is 8.25. The normalized spacial score (nSPS) is 12.4. The SMILES string of the molecule is CC(NCc1cccc(Br)c1)c1ccccn1. The van der Waals surface area contributed by atoms with Gasteiger partial charge in [-0.05, 0) is 36.8 Å². The molecule has 0 aliphatic heterocycles. The van der Waals surface area contributed by atoms with Gasteiger partial charge in [-0.1, -0.05) is 34.1 Å². The maximum Gasteiger partial charge on any atom is 0.0570 e. The number of aromatic nitrogens is 1. The summed E-state index contributed by atoms with van der Waals surface area (Å²) in [5.74, 6) is 0. The molecule has 0 fully saturated rings. The number of halogens is 1. The first kappa shape index (κ1) is 12.3. The van der Waals surface area contributed by atoms with Crippen molar-refractivity contribution in [2.45, 2.75) is 19.5 Å². The van der Waals surface area contributed by atoms with Crippen molar-refractivity contribution in [2.75, 3.05) is 0 Å². The average Bonchev–Trinajstić information content (AvgIpc) is 2.37. The number of pyridine rings is 1. The van der Waals surface area contributed by atoms with Crippen molar-refractivity contribution >= 4 is 15.9 Å². The minimum atomic E-state index is 0.259. The van der Waals surface area contributed by atoms with Gasteiger partial charge in [-0.15, -0.1) is 0 Å². The van der Waals surface area contributed by atoms with E-state index in [0.717, 1.165) is 16.7 Å². The van der Waals surface area contributed by atoms with E-state index < -0.39 is 0 Å². The van der Waals surface area contributed by atoms with E-state index in [4.69, 9.17) is 0 Å². The monoisotopic (exact) mass is 290 g/mol. The minimum Gasteiger partial charge on any atom is -0.305 e. The Kier molecular flexibility index (Phi) is 4.29. The summed E-state index contributed by atoms with van der Waals surface area (Å²) in [6.45, 7) is 2.97. The number of rotatable bonds is 4. The maximum absolute atomic E-state index is 4.34. The molecule has 0 spiro atoms. The summed E-state index contributed by atoms with van der Waals surface area (Å²) >= 11 is 3.47. The summed E-state index contributed by atoms with van der Waals surface area (Å²) in [5.41, 5.74) is 2.34. The smallest absolute Gasteiger partial charge is 0.0570 e. The van der Waals surface area contributed by atoms with Crippen molar-refractivity contribution < 1.29 is 0 Å². The molecule has 1 aromatic heterocycles. The van der Waals surface area contributed by atoms with Crippen LogP contribution in [0, 0.1) is 0 Å². The van der Waals surface area contributed by atoms with Crippen molar-refractivity contribution in [3.63, 3.8) is 0 Å². The molecule has 88 valence electrons. The molecule has 1 atom stereocenters. The summed E-state index contributed by atoms with van der Waals surface area (Å²) in [6.07, 6.45) is 1.83. The molecular weight excluding hydrogens is 276 g/mol. The van der Waals surface area contributed by atoms with E-state index in [1.807, 2.05) is 36.5 Å². The van der Waals surface area contributed by atoms with Gasteiger partial charge in [-0.25, -0.2) is 0 Å². The van der Waals surface area contributed by atoms with Gasteiger partial charge in [0.05, 0.1) is 5.69 Å². The summed E-state index contributed by atoms with van der Waals surface area (Å²) in [4.78, 5) is 4.34. The van der Waals surface area contributed by atoms with E-state index in [1.54, 1.807) is 0 Å². The largest absolute Gasteiger partial charge is 0.305 e. The lowest BCUT2D eigenvalue weighted by Gasteiger charge is -2.13. The van der Waals surface area contributed by atoms with Gasteiger partial charge in [0.25, 0.3) is 0 Å². The first-order valence-electron chi connectivity index (χ1n) is 5.64. The molecule has 1 unspecified atom stereocenters. The maximum atomic E-state index is 4.34. The molecule has 0 aliphatic rings. The van der Waals surface area contributed by atoms with Crippen molar-refractivity contribution in [3.05, 3.63) is 64.4 Å². The molecule has 17 heavy (non-hydrogen) atoms. The zero-order valence-corrected chi connectivity index (χ0v) is 11.3. The molecule has 2 aromatic rings. The molecule has 0 radical (unpaired) electrons. The molecular formula is C14H15BrN2. The number of benzene rings is 1. The van der Waals surface area contributed by atoms with Crippen molar-refractivity contribution in [1.29, 1.82) is 0 Å². The minimum absolute atomic E-state index is 0.259. The van der Waals surface area contributed by atoms with Crippen LogP contribution in [0.1, 0.15) is 24.2 Å². The fourth-order valence-corrected chi connectivity index (χ4v) is 2.10. The molecule has 0 bridgehead atoms. The Bertz CT molecular complexity index is 471. The average molecular weight is 291 g/mol. The molecule has 1 aromatic carbocycles. The highest BCUT2D eigenvalue weighted by Gasteiger charge is 2.05. The van der Waals surface area contributed by atoms with Crippen LogP contribution in [0.2, 0.25) is 0 Å². The van der Waals surface area contributed by atoms with Crippen LogP contribution < -0.4 is 5.32 Å². The summed E-state index contributed by atoms with van der Waals surface area (Å²) in [7, 11) is 0. The van der Waals surface area contributed by atoms with Gasteiger partial charge in [0.1, 0.15) is 0 Å². The van der Waals surface area contributed by atoms with Crippen molar-refractivity contribution in [2.24, 2.45) is 0 Å². The Morgan fingerprint density at radius 3 is 2.82 bits per heavy atom. The lowest BCUT2D eigenvalue weighted by atomic mass is 10.2. The fourth-order valence-electron chi connectivity index (χ4n) is 1.65. The van der Waals surface area contributed by atoms with E-state index in [9.17, 15) is 0 Å². The Labute approximate surface area is 110 Å². The van der Waals surface area contributed by atoms with Crippen LogP contribution in [-0.2, 0) is 6.54 Å². The third-order valence-corrected chi connectivity index (χ3v) is 3.13. The van der Waals surface area contributed by atoms with Crippen LogP contribution >= 0.6 is 15.9 Å². The van der Waals surface area contributed by atoms with Crippen LogP contribution in [0.15, 0.2) is 53.1 Å². The van der Waals surface area contributed by atoms with Gasteiger partial charge in [0.2, 0.25) is 0 Å². The van der Waals surface area contributed by atoms with Crippen LogP contribution in [-0.4, -0.2) is 4.98 Å². The molecule has 0 amide bonds.